The van der Waals surface area contributed by atoms with Crippen LogP contribution in [0.4, 0.5) is 5.69 Å². The van der Waals surface area contributed by atoms with E-state index in [2.05, 4.69) is 41.2 Å². The van der Waals surface area contributed by atoms with Crippen molar-refractivity contribution in [1.29, 1.82) is 0 Å². The van der Waals surface area contributed by atoms with E-state index in [1.807, 2.05) is 13.1 Å². The quantitative estimate of drug-likeness (QED) is 0.886. The Morgan fingerprint density at radius 2 is 2.28 bits per heavy atom. The molecule has 1 aromatic rings. The maximum Gasteiger partial charge on any atom is 0.0555 e. The summed E-state index contributed by atoms with van der Waals surface area (Å²) < 4.78 is 0. The Morgan fingerprint density at radius 3 is 2.89 bits per heavy atom. The molecule has 0 aliphatic carbocycles. The van der Waals surface area contributed by atoms with E-state index in [0.29, 0.717) is 12.1 Å². The zero-order valence-electron chi connectivity index (χ0n) is 11.8. The second kappa shape index (κ2) is 6.19. The summed E-state index contributed by atoms with van der Waals surface area (Å²) >= 11 is 0. The normalized spacial score (nSPS) is 24.3. The Labute approximate surface area is 111 Å². The number of rotatable bonds is 4. The van der Waals surface area contributed by atoms with Gasteiger partial charge in [0.05, 0.1) is 11.9 Å². The topological polar surface area (TPSA) is 28.2 Å². The molecule has 1 saturated heterocycles. The number of aromatic nitrogens is 1. The lowest BCUT2D eigenvalue weighted by molar-refractivity contribution is 0.368. The van der Waals surface area contributed by atoms with Crippen LogP contribution >= 0.6 is 0 Å². The minimum atomic E-state index is 0.595. The highest BCUT2D eigenvalue weighted by Crippen LogP contribution is 2.24. The molecule has 2 rings (SSSR count). The van der Waals surface area contributed by atoms with E-state index in [-0.39, 0.29) is 0 Å². The number of pyridine rings is 1. The highest BCUT2D eigenvalue weighted by molar-refractivity contribution is 5.46. The first-order chi connectivity index (χ1) is 8.70. The van der Waals surface area contributed by atoms with Crippen LogP contribution in [0.25, 0.3) is 0 Å². The van der Waals surface area contributed by atoms with Gasteiger partial charge < -0.3 is 10.2 Å². The number of anilines is 1. The molecule has 100 valence electrons. The number of nitrogens with one attached hydrogen (secondary N) is 1. The number of nitrogens with zero attached hydrogens (tertiary/aromatic N) is 2. The molecule has 0 radical (unpaired) electrons. The molecule has 1 fully saturated rings. The third-order valence-corrected chi connectivity index (χ3v) is 3.79. The van der Waals surface area contributed by atoms with Crippen molar-refractivity contribution in [3.63, 3.8) is 0 Å². The van der Waals surface area contributed by atoms with Gasteiger partial charge in [0.15, 0.2) is 0 Å². The van der Waals surface area contributed by atoms with Crippen molar-refractivity contribution in [1.82, 2.24) is 10.3 Å². The number of hydrogen-bond acceptors (Lipinski definition) is 3. The fraction of sp³-hybridized carbons (Fsp3) is 0.667. The predicted octanol–water partition coefficient (Wildman–Crippen LogP) is 2.75. The smallest absolute Gasteiger partial charge is 0.0555 e. The standard InChI is InChI=1S/C15H25N3/c1-4-8-16-14-7-9-18(13(3)10-14)15-6-5-12(2)17-11-15/h5-6,11,13-14,16H,4,7-10H2,1-3H3. The van der Waals surface area contributed by atoms with Crippen LogP contribution in [0.15, 0.2) is 18.3 Å². The number of piperidine rings is 1. The molecule has 18 heavy (non-hydrogen) atoms. The summed E-state index contributed by atoms with van der Waals surface area (Å²) in [4.78, 5) is 6.88. The fourth-order valence-corrected chi connectivity index (χ4v) is 2.72. The van der Waals surface area contributed by atoms with Crippen LogP contribution in [0.2, 0.25) is 0 Å². The highest BCUT2D eigenvalue weighted by Gasteiger charge is 2.25. The van der Waals surface area contributed by atoms with Gasteiger partial charge in [-0.05, 0) is 51.8 Å². The maximum atomic E-state index is 4.40. The van der Waals surface area contributed by atoms with Gasteiger partial charge in [-0.15, -0.1) is 0 Å². The predicted molar refractivity (Wildman–Crippen MR) is 77.1 cm³/mol. The van der Waals surface area contributed by atoms with E-state index in [0.717, 1.165) is 18.8 Å². The van der Waals surface area contributed by atoms with Crippen LogP contribution in [-0.4, -0.2) is 30.2 Å². The van der Waals surface area contributed by atoms with Crippen molar-refractivity contribution in [2.45, 2.75) is 52.1 Å². The zero-order chi connectivity index (χ0) is 13.0. The van der Waals surface area contributed by atoms with E-state index < -0.39 is 0 Å². The lowest BCUT2D eigenvalue weighted by Gasteiger charge is -2.39. The van der Waals surface area contributed by atoms with E-state index in [1.165, 1.54) is 24.9 Å². The Kier molecular flexibility index (Phi) is 4.59. The Hall–Kier alpha value is -1.09. The van der Waals surface area contributed by atoms with Gasteiger partial charge in [0.1, 0.15) is 0 Å². The molecule has 1 aromatic heterocycles. The van der Waals surface area contributed by atoms with Crippen LogP contribution in [0.3, 0.4) is 0 Å². The molecule has 2 heterocycles. The first-order valence-electron chi connectivity index (χ1n) is 7.13. The first-order valence-corrected chi connectivity index (χ1v) is 7.13. The van der Waals surface area contributed by atoms with Gasteiger partial charge in [0.25, 0.3) is 0 Å². The van der Waals surface area contributed by atoms with Crippen LogP contribution < -0.4 is 10.2 Å². The largest absolute Gasteiger partial charge is 0.367 e. The molecule has 2 atom stereocenters. The molecule has 0 spiro atoms. The van der Waals surface area contributed by atoms with Gasteiger partial charge in [-0.25, -0.2) is 0 Å². The van der Waals surface area contributed by atoms with E-state index in [4.69, 9.17) is 0 Å². The van der Waals surface area contributed by atoms with Gasteiger partial charge in [-0.1, -0.05) is 6.92 Å². The summed E-state index contributed by atoms with van der Waals surface area (Å²) in [6.45, 7) is 8.86. The van der Waals surface area contributed by atoms with Gasteiger partial charge in [0, 0.05) is 24.3 Å². The Morgan fingerprint density at radius 1 is 1.44 bits per heavy atom. The molecule has 1 aliphatic rings. The molecule has 3 heteroatoms. The molecule has 1 aliphatic heterocycles. The average molecular weight is 247 g/mol. The van der Waals surface area contributed by atoms with E-state index in [9.17, 15) is 0 Å². The molecular formula is C15H25N3. The van der Waals surface area contributed by atoms with Crippen LogP contribution in [0, 0.1) is 6.92 Å². The van der Waals surface area contributed by atoms with Crippen molar-refractivity contribution >= 4 is 5.69 Å². The molecule has 2 unspecified atom stereocenters. The van der Waals surface area contributed by atoms with Crippen molar-refractivity contribution in [2.24, 2.45) is 0 Å². The summed E-state index contributed by atoms with van der Waals surface area (Å²) in [5.74, 6) is 0. The van der Waals surface area contributed by atoms with Crippen LogP contribution in [0.5, 0.6) is 0 Å². The minimum absolute atomic E-state index is 0.595. The van der Waals surface area contributed by atoms with Gasteiger partial charge >= 0.3 is 0 Å². The lowest BCUT2D eigenvalue weighted by atomic mass is 9.97. The SMILES string of the molecule is CCCNC1CCN(c2ccc(C)nc2)C(C)C1. The monoisotopic (exact) mass is 247 g/mol. The Balaban J connectivity index is 1.94. The lowest BCUT2D eigenvalue weighted by Crippen LogP contribution is -2.47. The summed E-state index contributed by atoms with van der Waals surface area (Å²) in [7, 11) is 0. The molecule has 0 bridgehead atoms. The van der Waals surface area contributed by atoms with Gasteiger partial charge in [0.2, 0.25) is 0 Å². The first kappa shape index (κ1) is 13.3. The van der Waals surface area contributed by atoms with Crippen molar-refractivity contribution < 1.29 is 0 Å². The number of hydrogen-bond donors (Lipinski definition) is 1. The van der Waals surface area contributed by atoms with E-state index >= 15 is 0 Å². The van der Waals surface area contributed by atoms with Gasteiger partial charge in [-0.3, -0.25) is 4.98 Å². The van der Waals surface area contributed by atoms with Gasteiger partial charge in [-0.2, -0.15) is 0 Å². The minimum Gasteiger partial charge on any atom is -0.367 e. The summed E-state index contributed by atoms with van der Waals surface area (Å²) in [6, 6.07) is 5.58. The van der Waals surface area contributed by atoms with Crippen molar-refractivity contribution in [3.05, 3.63) is 24.0 Å². The van der Waals surface area contributed by atoms with Crippen molar-refractivity contribution in [2.75, 3.05) is 18.0 Å². The third-order valence-electron chi connectivity index (χ3n) is 3.79. The number of aryl methyl sites for hydroxylation is 1. The second-order valence-electron chi connectivity index (χ2n) is 5.38. The average Bonchev–Trinajstić information content (AvgIpc) is 2.38. The molecule has 3 nitrogen and oxygen atoms in total. The van der Waals surface area contributed by atoms with Crippen LogP contribution in [-0.2, 0) is 0 Å². The molecule has 0 aromatic carbocycles. The fourth-order valence-electron chi connectivity index (χ4n) is 2.72. The highest BCUT2D eigenvalue weighted by atomic mass is 15.2. The van der Waals surface area contributed by atoms with Crippen molar-refractivity contribution in [3.8, 4) is 0 Å². The van der Waals surface area contributed by atoms with E-state index in [1.54, 1.807) is 0 Å². The summed E-state index contributed by atoms with van der Waals surface area (Å²) in [5.41, 5.74) is 2.35. The second-order valence-corrected chi connectivity index (χ2v) is 5.38. The molecular weight excluding hydrogens is 222 g/mol. The maximum absolute atomic E-state index is 4.40. The van der Waals surface area contributed by atoms with Crippen LogP contribution in [0.1, 0.15) is 38.8 Å². The zero-order valence-corrected chi connectivity index (χ0v) is 11.8. The third kappa shape index (κ3) is 3.22. The summed E-state index contributed by atoms with van der Waals surface area (Å²) in [6.07, 6.45) is 5.69. The molecule has 0 amide bonds. The summed E-state index contributed by atoms with van der Waals surface area (Å²) in [5, 5.41) is 3.64. The Bertz CT molecular complexity index is 361. The molecule has 0 saturated carbocycles. The molecule has 1 N–H and O–H groups in total.